The molecule has 1 aromatic heterocycles. The summed E-state index contributed by atoms with van der Waals surface area (Å²) in [4.78, 5) is 2.38. The quantitative estimate of drug-likeness (QED) is 0.171. The van der Waals surface area contributed by atoms with Crippen molar-refractivity contribution in [3.05, 3.63) is 222 Å². The normalized spacial score (nSPS) is 12.9. The van der Waals surface area contributed by atoms with E-state index in [0.29, 0.717) is 0 Å². The molecule has 0 N–H and O–H groups in total. The Labute approximate surface area is 302 Å². The standard InChI is InChI=1S/C49H33NS/c1-4-15-34(16-5-1)35-27-29-38(30-28-35)50(37-19-8-3-9-20-37)39-31-32-46-42(33-39)48-45(25-14-26-47(48)51-46)49(36-17-6-2-7-18-36)43-23-12-10-21-40(43)41-22-11-13-24-44(41)49/h1-33H. The zero-order valence-electron chi connectivity index (χ0n) is 27.9. The van der Waals surface area contributed by atoms with Gasteiger partial charge in [0.25, 0.3) is 0 Å². The molecule has 1 heterocycles. The number of rotatable bonds is 6. The monoisotopic (exact) mass is 667 g/mol. The van der Waals surface area contributed by atoms with E-state index in [9.17, 15) is 0 Å². The van der Waals surface area contributed by atoms with Crippen LogP contribution in [0.2, 0.25) is 0 Å². The summed E-state index contributed by atoms with van der Waals surface area (Å²) in [5.74, 6) is 0. The zero-order valence-corrected chi connectivity index (χ0v) is 28.7. The van der Waals surface area contributed by atoms with Crippen LogP contribution in [0.4, 0.5) is 17.1 Å². The van der Waals surface area contributed by atoms with Gasteiger partial charge in [-0.3, -0.25) is 0 Å². The highest BCUT2D eigenvalue weighted by atomic mass is 32.1. The molecule has 0 amide bonds. The molecule has 0 bridgehead atoms. The molecule has 0 aliphatic heterocycles. The van der Waals surface area contributed by atoms with Crippen molar-refractivity contribution in [1.82, 2.24) is 0 Å². The van der Waals surface area contributed by atoms with E-state index in [0.717, 1.165) is 17.1 Å². The van der Waals surface area contributed by atoms with Crippen molar-refractivity contribution >= 4 is 48.6 Å². The van der Waals surface area contributed by atoms with Crippen molar-refractivity contribution in [1.29, 1.82) is 0 Å². The van der Waals surface area contributed by atoms with Crippen LogP contribution in [0.15, 0.2) is 200 Å². The first-order valence-electron chi connectivity index (χ1n) is 17.5. The molecule has 0 fully saturated rings. The summed E-state index contributed by atoms with van der Waals surface area (Å²) >= 11 is 1.88. The van der Waals surface area contributed by atoms with Crippen LogP contribution in [-0.2, 0) is 5.41 Å². The average molecular weight is 668 g/mol. The van der Waals surface area contributed by atoms with Gasteiger partial charge in [-0.25, -0.2) is 0 Å². The molecule has 8 aromatic carbocycles. The molecule has 0 spiro atoms. The Balaban J connectivity index is 1.23. The van der Waals surface area contributed by atoms with Gasteiger partial charge in [-0.05, 0) is 93.0 Å². The first-order valence-corrected chi connectivity index (χ1v) is 18.3. The molecular weight excluding hydrogens is 635 g/mol. The lowest BCUT2D eigenvalue weighted by Crippen LogP contribution is -2.28. The minimum atomic E-state index is -0.468. The molecule has 10 rings (SSSR count). The third kappa shape index (κ3) is 4.61. The van der Waals surface area contributed by atoms with Gasteiger partial charge in [0, 0.05) is 37.2 Å². The van der Waals surface area contributed by atoms with Gasteiger partial charge >= 0.3 is 0 Å². The number of thiophene rings is 1. The van der Waals surface area contributed by atoms with Crippen LogP contribution in [0.3, 0.4) is 0 Å². The summed E-state index contributed by atoms with van der Waals surface area (Å²) < 4.78 is 2.59. The molecule has 0 saturated heterocycles. The summed E-state index contributed by atoms with van der Waals surface area (Å²) in [6, 6.07) is 73.4. The molecule has 0 saturated carbocycles. The maximum absolute atomic E-state index is 2.42. The van der Waals surface area contributed by atoms with Gasteiger partial charge in [0.15, 0.2) is 0 Å². The van der Waals surface area contributed by atoms with Crippen LogP contribution in [0.25, 0.3) is 42.4 Å². The second-order valence-electron chi connectivity index (χ2n) is 13.3. The fraction of sp³-hybridized carbons (Fsp3) is 0.0204. The van der Waals surface area contributed by atoms with Crippen molar-refractivity contribution in [3.63, 3.8) is 0 Å². The smallest absolute Gasteiger partial charge is 0.0720 e. The van der Waals surface area contributed by atoms with Crippen molar-refractivity contribution in [2.45, 2.75) is 5.41 Å². The number of anilines is 3. The van der Waals surface area contributed by atoms with Crippen LogP contribution in [0, 0.1) is 0 Å². The minimum Gasteiger partial charge on any atom is -0.310 e. The Morgan fingerprint density at radius 3 is 1.59 bits per heavy atom. The minimum absolute atomic E-state index is 0.468. The van der Waals surface area contributed by atoms with E-state index in [1.54, 1.807) is 0 Å². The number of hydrogen-bond donors (Lipinski definition) is 0. The Morgan fingerprint density at radius 2 is 0.902 bits per heavy atom. The van der Waals surface area contributed by atoms with Crippen molar-refractivity contribution < 1.29 is 0 Å². The van der Waals surface area contributed by atoms with E-state index in [1.807, 2.05) is 11.3 Å². The Hall–Kier alpha value is -6.22. The molecule has 240 valence electrons. The average Bonchev–Trinajstić information content (AvgIpc) is 3.73. The Bertz CT molecular complexity index is 2630. The van der Waals surface area contributed by atoms with Crippen LogP contribution in [-0.4, -0.2) is 0 Å². The summed E-state index contributed by atoms with van der Waals surface area (Å²) in [6.07, 6.45) is 0. The summed E-state index contributed by atoms with van der Waals surface area (Å²) in [7, 11) is 0. The second-order valence-corrected chi connectivity index (χ2v) is 14.3. The SMILES string of the molecule is c1ccc(-c2ccc(N(c3ccccc3)c3ccc4sc5cccc(C6(c7ccccc7)c7ccccc7-c7ccccc76)c5c4c3)cc2)cc1. The predicted molar refractivity (Wildman–Crippen MR) is 217 cm³/mol. The summed E-state index contributed by atoms with van der Waals surface area (Å²) in [5, 5.41) is 2.60. The van der Waals surface area contributed by atoms with E-state index < -0.39 is 5.41 Å². The fourth-order valence-corrected chi connectivity index (χ4v) is 9.52. The van der Waals surface area contributed by atoms with Gasteiger partial charge in [0.2, 0.25) is 0 Å². The van der Waals surface area contributed by atoms with E-state index in [4.69, 9.17) is 0 Å². The van der Waals surface area contributed by atoms with Crippen LogP contribution in [0.1, 0.15) is 22.3 Å². The molecule has 0 atom stereocenters. The number of benzene rings is 8. The first-order chi connectivity index (χ1) is 25.3. The van der Waals surface area contributed by atoms with Crippen molar-refractivity contribution in [2.24, 2.45) is 0 Å². The highest BCUT2D eigenvalue weighted by Crippen LogP contribution is 2.58. The van der Waals surface area contributed by atoms with E-state index >= 15 is 0 Å². The molecule has 9 aromatic rings. The molecule has 2 heteroatoms. The number of hydrogen-bond acceptors (Lipinski definition) is 2. The fourth-order valence-electron chi connectivity index (χ4n) is 8.40. The molecule has 1 nitrogen and oxygen atoms in total. The zero-order chi connectivity index (χ0) is 33.8. The topological polar surface area (TPSA) is 3.24 Å². The van der Waals surface area contributed by atoms with Crippen molar-refractivity contribution in [2.75, 3.05) is 4.90 Å². The van der Waals surface area contributed by atoms with Gasteiger partial charge in [-0.15, -0.1) is 11.3 Å². The summed E-state index contributed by atoms with van der Waals surface area (Å²) in [6.45, 7) is 0. The van der Waals surface area contributed by atoms with Gasteiger partial charge in [-0.1, -0.05) is 152 Å². The lowest BCUT2D eigenvalue weighted by atomic mass is 9.66. The Morgan fingerprint density at radius 1 is 0.373 bits per heavy atom. The lowest BCUT2D eigenvalue weighted by Gasteiger charge is -2.34. The van der Waals surface area contributed by atoms with Crippen LogP contribution in [0.5, 0.6) is 0 Å². The highest BCUT2D eigenvalue weighted by molar-refractivity contribution is 7.25. The van der Waals surface area contributed by atoms with Gasteiger partial charge in [0.05, 0.1) is 5.41 Å². The third-order valence-electron chi connectivity index (χ3n) is 10.5. The van der Waals surface area contributed by atoms with Gasteiger partial charge in [0.1, 0.15) is 0 Å². The summed E-state index contributed by atoms with van der Waals surface area (Å²) in [5.41, 5.74) is 13.3. The van der Waals surface area contributed by atoms with E-state index in [2.05, 4.69) is 205 Å². The predicted octanol–water partition coefficient (Wildman–Crippen LogP) is 13.6. The first kappa shape index (κ1) is 29.7. The third-order valence-corrected chi connectivity index (χ3v) is 11.7. The molecule has 1 aliphatic carbocycles. The van der Waals surface area contributed by atoms with Gasteiger partial charge in [-0.2, -0.15) is 0 Å². The molecular formula is C49H33NS. The highest BCUT2D eigenvalue weighted by Gasteiger charge is 2.46. The Kier molecular flexibility index (Phi) is 6.97. The lowest BCUT2D eigenvalue weighted by molar-refractivity contribution is 0.777. The largest absolute Gasteiger partial charge is 0.310 e. The maximum atomic E-state index is 2.42. The van der Waals surface area contributed by atoms with Crippen LogP contribution >= 0.6 is 11.3 Å². The van der Waals surface area contributed by atoms with Crippen LogP contribution < -0.4 is 4.90 Å². The number of para-hydroxylation sites is 1. The number of nitrogens with zero attached hydrogens (tertiary/aromatic N) is 1. The van der Waals surface area contributed by atoms with Gasteiger partial charge < -0.3 is 4.90 Å². The number of fused-ring (bicyclic) bond motifs is 6. The van der Waals surface area contributed by atoms with Crippen molar-refractivity contribution in [3.8, 4) is 22.3 Å². The molecule has 1 aliphatic rings. The maximum Gasteiger partial charge on any atom is 0.0720 e. The molecule has 0 radical (unpaired) electrons. The van der Waals surface area contributed by atoms with E-state index in [1.165, 1.54) is 64.7 Å². The molecule has 51 heavy (non-hydrogen) atoms. The molecule has 0 unspecified atom stereocenters. The van der Waals surface area contributed by atoms with E-state index in [-0.39, 0.29) is 0 Å². The second kappa shape index (κ2) is 12.0.